The lowest BCUT2D eigenvalue weighted by Crippen LogP contribution is -2.03. The lowest BCUT2D eigenvalue weighted by Gasteiger charge is -2.01. The van der Waals surface area contributed by atoms with Crippen molar-refractivity contribution in [2.45, 2.75) is 38.1 Å². The summed E-state index contributed by atoms with van der Waals surface area (Å²) < 4.78 is 19.3. The zero-order valence-electron chi connectivity index (χ0n) is 17.4. The molecule has 1 fully saturated rings. The van der Waals surface area contributed by atoms with Crippen LogP contribution < -0.4 is 0 Å². The maximum absolute atomic E-state index is 14.4. The second-order valence-electron chi connectivity index (χ2n) is 8.22. The second-order valence-corrected chi connectivity index (χ2v) is 8.62. The van der Waals surface area contributed by atoms with E-state index in [-0.39, 0.29) is 34.9 Å². The van der Waals surface area contributed by atoms with Crippen molar-refractivity contribution in [2.24, 2.45) is 0 Å². The van der Waals surface area contributed by atoms with E-state index in [1.807, 2.05) is 18.3 Å². The molecule has 0 unspecified atom stereocenters. The highest BCUT2D eigenvalue weighted by Crippen LogP contribution is 2.38. The standard InChI is InChI=1S/C22H18ClFN8O/c23-15-7-8-30-12-25-17(22(30)21(15)24)3-5-19(33)18-11-31(29-27-18)9-14-10-32-20(26-14)6-4-16(28-32)13-1-2-13/h4,6-8,10-13H,1-3,5,9H2. The topological polar surface area (TPSA) is 95.3 Å². The van der Waals surface area contributed by atoms with E-state index in [2.05, 4.69) is 25.4 Å². The molecule has 6 rings (SSSR count). The lowest BCUT2D eigenvalue weighted by molar-refractivity contribution is 0.0977. The summed E-state index contributed by atoms with van der Waals surface area (Å²) in [4.78, 5) is 21.4. The van der Waals surface area contributed by atoms with E-state index in [9.17, 15) is 9.18 Å². The van der Waals surface area contributed by atoms with Gasteiger partial charge in [0, 0.05) is 18.5 Å². The Morgan fingerprint density at radius 3 is 2.94 bits per heavy atom. The molecule has 0 saturated heterocycles. The van der Waals surface area contributed by atoms with E-state index in [1.165, 1.54) is 25.2 Å². The summed E-state index contributed by atoms with van der Waals surface area (Å²) in [5.74, 6) is -0.176. The number of rotatable bonds is 7. The van der Waals surface area contributed by atoms with E-state index >= 15 is 0 Å². The van der Waals surface area contributed by atoms with Gasteiger partial charge >= 0.3 is 0 Å². The summed E-state index contributed by atoms with van der Waals surface area (Å²) in [6.45, 7) is 0.373. The summed E-state index contributed by atoms with van der Waals surface area (Å²) in [6.07, 6.45) is 9.37. The number of imidazole rings is 2. The summed E-state index contributed by atoms with van der Waals surface area (Å²) in [7, 11) is 0. The van der Waals surface area contributed by atoms with Gasteiger partial charge in [0.15, 0.2) is 17.2 Å². The number of carbonyl (C=O) groups excluding carboxylic acids is 1. The van der Waals surface area contributed by atoms with Crippen molar-refractivity contribution >= 4 is 28.5 Å². The minimum atomic E-state index is -0.545. The van der Waals surface area contributed by atoms with E-state index < -0.39 is 5.82 Å². The van der Waals surface area contributed by atoms with Crippen molar-refractivity contribution in [3.8, 4) is 0 Å². The Morgan fingerprint density at radius 2 is 2.09 bits per heavy atom. The van der Waals surface area contributed by atoms with Gasteiger partial charge < -0.3 is 4.40 Å². The predicted octanol–water partition coefficient (Wildman–Crippen LogP) is 3.50. The molecule has 33 heavy (non-hydrogen) atoms. The van der Waals surface area contributed by atoms with Gasteiger partial charge in [0.05, 0.1) is 47.4 Å². The molecular weight excluding hydrogens is 447 g/mol. The monoisotopic (exact) mass is 464 g/mol. The molecule has 0 spiro atoms. The Labute approximate surface area is 191 Å². The van der Waals surface area contributed by atoms with Crippen molar-refractivity contribution in [3.05, 3.63) is 76.7 Å². The van der Waals surface area contributed by atoms with Gasteiger partial charge in [-0.25, -0.2) is 23.6 Å². The van der Waals surface area contributed by atoms with Gasteiger partial charge in [-0.3, -0.25) is 4.79 Å². The molecule has 1 aliphatic rings. The summed E-state index contributed by atoms with van der Waals surface area (Å²) in [6, 6.07) is 5.46. The number of ketones is 1. The number of halogens is 2. The van der Waals surface area contributed by atoms with Crippen LogP contribution in [0.15, 0.2) is 43.1 Å². The highest BCUT2D eigenvalue weighted by molar-refractivity contribution is 6.31. The number of carbonyl (C=O) groups is 1. The Balaban J connectivity index is 1.14. The van der Waals surface area contributed by atoms with Gasteiger partial charge in [-0.15, -0.1) is 5.10 Å². The highest BCUT2D eigenvalue weighted by atomic mass is 35.5. The molecule has 11 heteroatoms. The molecule has 1 aliphatic carbocycles. The summed E-state index contributed by atoms with van der Waals surface area (Å²) >= 11 is 5.88. The molecule has 1 saturated carbocycles. The molecule has 5 aromatic heterocycles. The number of pyridine rings is 1. The third-order valence-corrected chi connectivity index (χ3v) is 6.08. The first-order chi connectivity index (χ1) is 16.0. The van der Waals surface area contributed by atoms with Crippen LogP contribution in [0.4, 0.5) is 4.39 Å². The molecule has 166 valence electrons. The molecule has 0 aromatic carbocycles. The Bertz CT molecular complexity index is 1520. The average molecular weight is 465 g/mol. The fourth-order valence-corrected chi connectivity index (χ4v) is 4.06. The molecule has 0 amide bonds. The number of hydrogen-bond acceptors (Lipinski definition) is 6. The van der Waals surface area contributed by atoms with Crippen LogP contribution in [-0.4, -0.2) is 44.8 Å². The largest absolute Gasteiger partial charge is 0.303 e. The lowest BCUT2D eigenvalue weighted by atomic mass is 10.1. The number of fused-ring (bicyclic) bond motifs is 2. The van der Waals surface area contributed by atoms with E-state index in [0.29, 0.717) is 18.2 Å². The first-order valence-corrected chi connectivity index (χ1v) is 11.0. The summed E-state index contributed by atoms with van der Waals surface area (Å²) in [5.41, 5.74) is 3.63. The van der Waals surface area contributed by atoms with Gasteiger partial charge in [-0.1, -0.05) is 16.8 Å². The fourth-order valence-electron chi connectivity index (χ4n) is 3.92. The maximum Gasteiger partial charge on any atom is 0.185 e. The SMILES string of the molecule is O=C(CCc1ncn2ccc(Cl)c(F)c12)c1cn(Cc2cn3nc(C4CC4)ccc3n2)nn1. The van der Waals surface area contributed by atoms with Crippen LogP contribution in [0.25, 0.3) is 11.2 Å². The number of Topliss-reactive ketones (excluding diaryl/α,β-unsaturated/α-hetero) is 1. The van der Waals surface area contributed by atoms with E-state index in [0.717, 1.165) is 17.0 Å². The molecule has 0 bridgehead atoms. The van der Waals surface area contributed by atoms with E-state index in [1.54, 1.807) is 26.0 Å². The van der Waals surface area contributed by atoms with Gasteiger partial charge in [-0.2, -0.15) is 5.10 Å². The molecule has 0 aliphatic heterocycles. The van der Waals surface area contributed by atoms with Crippen molar-refractivity contribution in [1.29, 1.82) is 0 Å². The maximum atomic E-state index is 14.4. The zero-order valence-corrected chi connectivity index (χ0v) is 18.2. The smallest absolute Gasteiger partial charge is 0.185 e. The minimum absolute atomic E-state index is 0.0180. The van der Waals surface area contributed by atoms with Crippen molar-refractivity contribution < 1.29 is 9.18 Å². The average Bonchev–Trinajstić information content (AvgIpc) is 3.23. The Kier molecular flexibility index (Phi) is 4.68. The van der Waals surface area contributed by atoms with Crippen molar-refractivity contribution in [1.82, 2.24) is 39.0 Å². The van der Waals surface area contributed by atoms with Crippen LogP contribution in [0.5, 0.6) is 0 Å². The number of aromatic nitrogens is 8. The quantitative estimate of drug-likeness (QED) is 0.342. The summed E-state index contributed by atoms with van der Waals surface area (Å²) in [5, 5.41) is 12.7. The normalized spacial score (nSPS) is 13.9. The van der Waals surface area contributed by atoms with Gasteiger partial charge in [0.2, 0.25) is 0 Å². The Morgan fingerprint density at radius 1 is 1.21 bits per heavy atom. The molecule has 0 atom stereocenters. The third kappa shape index (κ3) is 3.76. The van der Waals surface area contributed by atoms with Crippen LogP contribution in [0.2, 0.25) is 5.02 Å². The van der Waals surface area contributed by atoms with Crippen molar-refractivity contribution in [3.63, 3.8) is 0 Å². The number of hydrogen-bond donors (Lipinski definition) is 0. The highest BCUT2D eigenvalue weighted by Gasteiger charge is 2.25. The van der Waals surface area contributed by atoms with Gasteiger partial charge in [0.1, 0.15) is 11.2 Å². The first kappa shape index (κ1) is 20.0. The first-order valence-electron chi connectivity index (χ1n) is 10.6. The van der Waals surface area contributed by atoms with Crippen LogP contribution in [-0.2, 0) is 13.0 Å². The molecule has 0 N–H and O–H groups in total. The predicted molar refractivity (Wildman–Crippen MR) is 117 cm³/mol. The van der Waals surface area contributed by atoms with Crippen molar-refractivity contribution in [2.75, 3.05) is 0 Å². The molecule has 5 aromatic rings. The molecule has 0 radical (unpaired) electrons. The van der Waals surface area contributed by atoms with Crippen LogP contribution in [0, 0.1) is 5.82 Å². The minimum Gasteiger partial charge on any atom is -0.303 e. The van der Waals surface area contributed by atoms with Crippen LogP contribution in [0.3, 0.4) is 0 Å². The van der Waals surface area contributed by atoms with E-state index in [4.69, 9.17) is 11.6 Å². The molecule has 9 nitrogen and oxygen atoms in total. The van der Waals surface area contributed by atoms with Gasteiger partial charge in [0.25, 0.3) is 0 Å². The number of aryl methyl sites for hydroxylation is 1. The van der Waals surface area contributed by atoms with Gasteiger partial charge in [-0.05, 0) is 37.5 Å². The zero-order chi connectivity index (χ0) is 22.5. The molecular formula is C22H18ClFN8O. The second kappa shape index (κ2) is 7.73. The van der Waals surface area contributed by atoms with Crippen LogP contribution in [0.1, 0.15) is 52.8 Å². The fraction of sp³-hybridized carbons (Fsp3) is 0.273. The Hall–Kier alpha value is -3.66. The number of nitrogens with zero attached hydrogens (tertiary/aromatic N) is 8. The third-order valence-electron chi connectivity index (χ3n) is 5.79. The van der Waals surface area contributed by atoms with Crippen LogP contribution >= 0.6 is 11.6 Å². The molecule has 5 heterocycles.